The lowest BCUT2D eigenvalue weighted by atomic mass is 10.1. The van der Waals surface area contributed by atoms with Crippen molar-refractivity contribution >= 4 is 22.1 Å². The zero-order valence-electron chi connectivity index (χ0n) is 6.64. The van der Waals surface area contributed by atoms with Crippen LogP contribution in [0.3, 0.4) is 0 Å². The Morgan fingerprint density at radius 1 is 1.38 bits per heavy atom. The largest absolute Gasteiger partial charge is 0.406 e. The highest BCUT2D eigenvalue weighted by molar-refractivity contribution is 7.83. The molecule has 0 unspecified atom stereocenters. The van der Waals surface area contributed by atoms with Gasteiger partial charge in [0, 0.05) is 6.42 Å². The smallest absolute Gasteiger partial charge is 0.363 e. The maximum atomic E-state index is 11.0. The molecule has 8 heteroatoms. The van der Waals surface area contributed by atoms with Crippen molar-refractivity contribution in [3.63, 3.8) is 0 Å². The van der Waals surface area contributed by atoms with E-state index in [0.717, 1.165) is 0 Å². The zero-order valence-corrected chi connectivity index (χ0v) is 7.46. The van der Waals surface area contributed by atoms with E-state index in [-0.39, 0.29) is 6.42 Å². The monoisotopic (exact) mass is 209 g/mol. The minimum atomic E-state index is -4.11. The predicted molar refractivity (Wildman–Crippen MR) is 38.3 cm³/mol. The molecule has 0 aromatic carbocycles. The second-order valence-electron chi connectivity index (χ2n) is 2.37. The number of hydrogen-bond acceptors (Lipinski definition) is 6. The van der Waals surface area contributed by atoms with Gasteiger partial charge < -0.3 is 5.73 Å². The van der Waals surface area contributed by atoms with Crippen LogP contribution in [0.1, 0.15) is 13.3 Å². The molecule has 0 aromatic rings. The topological polar surface area (TPSA) is 113 Å². The molecule has 1 saturated heterocycles. The minimum absolute atomic E-state index is 0.103. The van der Waals surface area contributed by atoms with Crippen molar-refractivity contribution < 1.29 is 26.4 Å². The van der Waals surface area contributed by atoms with E-state index in [1.54, 1.807) is 0 Å². The fourth-order valence-corrected chi connectivity index (χ4v) is 1.94. The number of carbonyl (C=O) groups excluding carboxylic acids is 2. The molecule has 1 fully saturated rings. The van der Waals surface area contributed by atoms with Crippen LogP contribution >= 0.6 is 0 Å². The van der Waals surface area contributed by atoms with Crippen molar-refractivity contribution in [2.75, 3.05) is 0 Å². The number of carbonyl (C=O) groups is 2. The molecule has 1 amide bonds. The number of amides is 1. The number of ketones is 1. The van der Waals surface area contributed by atoms with Gasteiger partial charge in [0.2, 0.25) is 0 Å². The Labute approximate surface area is 74.1 Å². The van der Waals surface area contributed by atoms with Gasteiger partial charge in [0.25, 0.3) is 17.5 Å². The van der Waals surface area contributed by atoms with Gasteiger partial charge in [0.15, 0.2) is 0 Å². The van der Waals surface area contributed by atoms with E-state index < -0.39 is 27.9 Å². The summed E-state index contributed by atoms with van der Waals surface area (Å²) in [5.41, 5.74) is 4.65. The first-order valence-corrected chi connectivity index (χ1v) is 4.67. The van der Waals surface area contributed by atoms with Crippen LogP contribution in [0.5, 0.6) is 0 Å². The van der Waals surface area contributed by atoms with E-state index in [0.29, 0.717) is 0 Å². The van der Waals surface area contributed by atoms with Gasteiger partial charge in [-0.15, -0.1) is 0 Å². The highest BCUT2D eigenvalue weighted by Crippen LogP contribution is 2.34. The quantitative estimate of drug-likeness (QED) is 0.562. The second kappa shape index (κ2) is 2.76. The normalized spacial score (nSPS) is 23.2. The maximum Gasteiger partial charge on any atom is 0.406 e. The standard InChI is InChI=1S/C5H7NO6S/c1-2-5(3(7)4(6)8)11-13(9,10)12-5/h2H2,1H3,(H2,6,8). The van der Waals surface area contributed by atoms with Gasteiger partial charge in [-0.1, -0.05) is 6.92 Å². The van der Waals surface area contributed by atoms with Crippen molar-refractivity contribution in [3.8, 4) is 0 Å². The lowest BCUT2D eigenvalue weighted by molar-refractivity contribution is -0.197. The van der Waals surface area contributed by atoms with Crippen LogP contribution in [-0.4, -0.2) is 25.9 Å². The summed E-state index contributed by atoms with van der Waals surface area (Å²) < 4.78 is 29.3. The molecule has 7 nitrogen and oxygen atoms in total. The van der Waals surface area contributed by atoms with Gasteiger partial charge in [0.1, 0.15) is 0 Å². The van der Waals surface area contributed by atoms with E-state index in [1.807, 2.05) is 0 Å². The maximum absolute atomic E-state index is 11.0. The van der Waals surface area contributed by atoms with Gasteiger partial charge in [-0.2, -0.15) is 8.42 Å². The zero-order chi connectivity index (χ0) is 10.3. The van der Waals surface area contributed by atoms with Crippen LogP contribution in [0, 0.1) is 0 Å². The molecule has 0 saturated carbocycles. The molecule has 13 heavy (non-hydrogen) atoms. The van der Waals surface area contributed by atoms with Gasteiger partial charge in [0.05, 0.1) is 0 Å². The van der Waals surface area contributed by atoms with Crippen molar-refractivity contribution in [2.24, 2.45) is 5.73 Å². The second-order valence-corrected chi connectivity index (χ2v) is 3.52. The summed E-state index contributed by atoms with van der Waals surface area (Å²) in [6.45, 7) is 1.43. The van der Waals surface area contributed by atoms with Crippen molar-refractivity contribution in [1.82, 2.24) is 0 Å². The molecule has 0 aliphatic carbocycles. The van der Waals surface area contributed by atoms with Gasteiger partial charge >= 0.3 is 10.4 Å². The predicted octanol–water partition coefficient (Wildman–Crippen LogP) is -1.56. The summed E-state index contributed by atoms with van der Waals surface area (Å²) in [7, 11) is -4.11. The Bertz CT molecular complexity index is 345. The van der Waals surface area contributed by atoms with Crippen molar-refractivity contribution in [2.45, 2.75) is 19.1 Å². The first-order chi connectivity index (χ1) is 5.83. The van der Waals surface area contributed by atoms with Crippen LogP contribution in [0.15, 0.2) is 0 Å². The van der Waals surface area contributed by atoms with Gasteiger partial charge in [-0.05, 0) is 0 Å². The van der Waals surface area contributed by atoms with E-state index in [4.69, 9.17) is 0 Å². The average molecular weight is 209 g/mol. The lowest BCUT2D eigenvalue weighted by Crippen LogP contribution is -2.59. The Hall–Kier alpha value is -0.990. The molecule has 1 rings (SSSR count). The third-order valence-corrected chi connectivity index (χ3v) is 2.46. The van der Waals surface area contributed by atoms with E-state index in [1.165, 1.54) is 6.92 Å². The van der Waals surface area contributed by atoms with Crippen LogP contribution < -0.4 is 5.73 Å². The highest BCUT2D eigenvalue weighted by atomic mass is 32.3. The molecule has 1 aliphatic rings. The Kier molecular flexibility index (Phi) is 2.14. The molecule has 1 aliphatic heterocycles. The SMILES string of the molecule is CCC1(C(=O)C(N)=O)OS(=O)(=O)O1. The summed E-state index contributed by atoms with van der Waals surface area (Å²) in [6.07, 6.45) is -0.103. The van der Waals surface area contributed by atoms with Gasteiger partial charge in [-0.25, -0.2) is 8.37 Å². The summed E-state index contributed by atoms with van der Waals surface area (Å²) in [4.78, 5) is 21.4. The number of Topliss-reactive ketones (excluding diaryl/α,β-unsaturated/α-hetero) is 1. The Morgan fingerprint density at radius 3 is 2.08 bits per heavy atom. The first-order valence-electron chi connectivity index (χ1n) is 3.33. The van der Waals surface area contributed by atoms with Gasteiger partial charge in [-0.3, -0.25) is 9.59 Å². The number of rotatable bonds is 3. The Morgan fingerprint density at radius 2 is 1.85 bits per heavy atom. The molecule has 0 atom stereocenters. The van der Waals surface area contributed by atoms with Crippen LogP contribution in [0.25, 0.3) is 0 Å². The first kappa shape index (κ1) is 10.1. The van der Waals surface area contributed by atoms with Crippen molar-refractivity contribution in [3.05, 3.63) is 0 Å². The average Bonchev–Trinajstić information content (AvgIpc) is 1.97. The summed E-state index contributed by atoms with van der Waals surface area (Å²) in [6, 6.07) is 0. The third-order valence-electron chi connectivity index (χ3n) is 1.51. The molecular weight excluding hydrogens is 202 g/mol. The molecule has 0 radical (unpaired) electrons. The van der Waals surface area contributed by atoms with Crippen molar-refractivity contribution in [1.29, 1.82) is 0 Å². The van der Waals surface area contributed by atoms with E-state index in [2.05, 4.69) is 14.1 Å². The van der Waals surface area contributed by atoms with Crippen LogP contribution in [0.4, 0.5) is 0 Å². The third kappa shape index (κ3) is 1.55. The number of nitrogens with two attached hydrogens (primary N) is 1. The number of primary amides is 1. The molecular formula is C5H7NO6S. The number of hydrogen-bond donors (Lipinski definition) is 1. The van der Waals surface area contributed by atoms with E-state index in [9.17, 15) is 18.0 Å². The molecule has 74 valence electrons. The van der Waals surface area contributed by atoms with E-state index >= 15 is 0 Å². The Balaban J connectivity index is 2.89. The summed E-state index contributed by atoms with van der Waals surface area (Å²) in [5, 5.41) is 0. The molecule has 1 heterocycles. The lowest BCUT2D eigenvalue weighted by Gasteiger charge is -2.35. The summed E-state index contributed by atoms with van der Waals surface area (Å²) >= 11 is 0. The molecule has 0 bridgehead atoms. The minimum Gasteiger partial charge on any atom is -0.363 e. The molecule has 0 spiro atoms. The fourth-order valence-electron chi connectivity index (χ4n) is 0.878. The van der Waals surface area contributed by atoms with Crippen LogP contribution in [0.2, 0.25) is 0 Å². The summed E-state index contributed by atoms with van der Waals surface area (Å²) in [5.74, 6) is -4.52. The van der Waals surface area contributed by atoms with Crippen LogP contribution in [-0.2, 0) is 28.4 Å². The fraction of sp³-hybridized carbons (Fsp3) is 0.600. The highest BCUT2D eigenvalue weighted by Gasteiger charge is 2.58. The molecule has 0 aromatic heterocycles. The molecule has 2 N–H and O–H groups in total.